The average Bonchev–Trinajstić information content (AvgIpc) is 2.46. The number of aryl methyl sites for hydroxylation is 1. The van der Waals surface area contributed by atoms with Gasteiger partial charge in [-0.1, -0.05) is 23.7 Å². The number of rotatable bonds is 2. The highest BCUT2D eigenvalue weighted by molar-refractivity contribution is 6.30. The smallest absolute Gasteiger partial charge is 0.276 e. The Morgan fingerprint density at radius 2 is 2.10 bits per heavy atom. The van der Waals surface area contributed by atoms with Gasteiger partial charge in [0.05, 0.1) is 5.69 Å². The molecular formula is C15H12ClN3O. The highest BCUT2D eigenvalue weighted by Gasteiger charge is 2.12. The van der Waals surface area contributed by atoms with Crippen LogP contribution in [0.4, 0.5) is 0 Å². The number of halogens is 1. The number of pyridine rings is 1. The van der Waals surface area contributed by atoms with E-state index in [4.69, 9.17) is 11.6 Å². The normalized spacial score (nSPS) is 10.9. The fraction of sp³-hybridized carbons (Fsp3) is 0.133. The van der Waals surface area contributed by atoms with E-state index in [1.807, 2.05) is 31.2 Å². The first-order valence-corrected chi connectivity index (χ1v) is 6.70. The zero-order valence-electron chi connectivity index (χ0n) is 10.9. The van der Waals surface area contributed by atoms with Crippen LogP contribution in [0.2, 0.25) is 5.02 Å². The molecule has 0 fully saturated rings. The van der Waals surface area contributed by atoms with Gasteiger partial charge >= 0.3 is 5.69 Å². The Hall–Kier alpha value is -2.20. The van der Waals surface area contributed by atoms with Gasteiger partial charge < -0.3 is 0 Å². The maximum Gasteiger partial charge on any atom is 0.349 e. The van der Waals surface area contributed by atoms with Crippen molar-refractivity contribution in [3.63, 3.8) is 0 Å². The molecule has 0 saturated heterocycles. The molecule has 5 heteroatoms. The zero-order chi connectivity index (χ0) is 14.1. The predicted molar refractivity (Wildman–Crippen MR) is 79.9 cm³/mol. The molecule has 0 aliphatic carbocycles. The number of fused-ring (bicyclic) bond motifs is 1. The van der Waals surface area contributed by atoms with E-state index in [0.29, 0.717) is 22.9 Å². The van der Waals surface area contributed by atoms with Crippen LogP contribution in [0.15, 0.2) is 47.4 Å². The Bertz CT molecular complexity index is 842. The third kappa shape index (κ3) is 2.08. The van der Waals surface area contributed by atoms with Crippen molar-refractivity contribution < 1.29 is 0 Å². The van der Waals surface area contributed by atoms with Crippen molar-refractivity contribution in [1.82, 2.24) is 14.5 Å². The molecule has 0 amide bonds. The quantitative estimate of drug-likeness (QED) is 0.727. The van der Waals surface area contributed by atoms with Crippen LogP contribution in [0, 0.1) is 0 Å². The van der Waals surface area contributed by atoms with Crippen molar-refractivity contribution in [2.75, 3.05) is 0 Å². The van der Waals surface area contributed by atoms with Gasteiger partial charge in [-0.05, 0) is 31.2 Å². The number of benzene rings is 1. The maximum absolute atomic E-state index is 12.1. The first-order valence-electron chi connectivity index (χ1n) is 6.32. The largest absolute Gasteiger partial charge is 0.349 e. The standard InChI is InChI=1S/C15H12ClN3O/c1-2-19-14-12(7-4-8-17-14)13(18-15(19)20)10-5-3-6-11(16)9-10/h3-9H,2H2,1H3. The van der Waals surface area contributed by atoms with Crippen LogP contribution in [-0.2, 0) is 6.54 Å². The topological polar surface area (TPSA) is 47.8 Å². The third-order valence-corrected chi connectivity index (χ3v) is 3.39. The number of aromatic nitrogens is 3. The molecule has 100 valence electrons. The second kappa shape index (κ2) is 5.06. The molecule has 2 heterocycles. The first-order chi connectivity index (χ1) is 9.70. The molecule has 0 atom stereocenters. The van der Waals surface area contributed by atoms with E-state index in [9.17, 15) is 4.79 Å². The average molecular weight is 286 g/mol. The van der Waals surface area contributed by atoms with Crippen molar-refractivity contribution >= 4 is 22.6 Å². The van der Waals surface area contributed by atoms with Crippen LogP contribution in [0.5, 0.6) is 0 Å². The number of hydrogen-bond donors (Lipinski definition) is 0. The summed E-state index contributed by atoms with van der Waals surface area (Å²) in [5, 5.41) is 1.46. The molecule has 2 aromatic heterocycles. The van der Waals surface area contributed by atoms with E-state index in [1.165, 1.54) is 0 Å². The van der Waals surface area contributed by atoms with E-state index in [0.717, 1.165) is 10.9 Å². The molecule has 0 aliphatic rings. The SMILES string of the molecule is CCn1c(=O)nc(-c2cccc(Cl)c2)c2cccnc21. The van der Waals surface area contributed by atoms with E-state index < -0.39 is 0 Å². The lowest BCUT2D eigenvalue weighted by molar-refractivity contribution is 0.723. The molecule has 20 heavy (non-hydrogen) atoms. The van der Waals surface area contributed by atoms with Gasteiger partial charge in [0, 0.05) is 28.7 Å². The predicted octanol–water partition coefficient (Wildman–Crippen LogP) is 3.13. The first kappa shape index (κ1) is 12.8. The summed E-state index contributed by atoms with van der Waals surface area (Å²) >= 11 is 6.02. The zero-order valence-corrected chi connectivity index (χ0v) is 11.6. The van der Waals surface area contributed by atoms with Crippen LogP contribution in [0.3, 0.4) is 0 Å². The van der Waals surface area contributed by atoms with Gasteiger partial charge in [0.25, 0.3) is 0 Å². The number of hydrogen-bond acceptors (Lipinski definition) is 3. The second-order valence-corrected chi connectivity index (χ2v) is 4.81. The van der Waals surface area contributed by atoms with Crippen LogP contribution < -0.4 is 5.69 Å². The minimum Gasteiger partial charge on any atom is -0.276 e. The Morgan fingerprint density at radius 1 is 1.25 bits per heavy atom. The molecule has 0 unspecified atom stereocenters. The molecule has 0 bridgehead atoms. The molecule has 0 radical (unpaired) electrons. The summed E-state index contributed by atoms with van der Waals surface area (Å²) in [6, 6.07) is 11.1. The highest BCUT2D eigenvalue weighted by Crippen LogP contribution is 2.26. The van der Waals surface area contributed by atoms with Crippen molar-refractivity contribution in [2.24, 2.45) is 0 Å². The fourth-order valence-corrected chi connectivity index (χ4v) is 2.43. The van der Waals surface area contributed by atoms with Gasteiger partial charge in [-0.15, -0.1) is 0 Å². The lowest BCUT2D eigenvalue weighted by Gasteiger charge is -2.10. The van der Waals surface area contributed by atoms with Gasteiger partial charge in [-0.2, -0.15) is 4.98 Å². The van der Waals surface area contributed by atoms with Crippen molar-refractivity contribution in [3.05, 3.63) is 58.1 Å². The lowest BCUT2D eigenvalue weighted by Crippen LogP contribution is -2.23. The van der Waals surface area contributed by atoms with Crippen molar-refractivity contribution in [1.29, 1.82) is 0 Å². The van der Waals surface area contributed by atoms with E-state index >= 15 is 0 Å². The van der Waals surface area contributed by atoms with Gasteiger partial charge in [0.1, 0.15) is 5.65 Å². The van der Waals surface area contributed by atoms with E-state index in [1.54, 1.807) is 22.9 Å². The van der Waals surface area contributed by atoms with Gasteiger partial charge in [0.15, 0.2) is 0 Å². The summed E-state index contributed by atoms with van der Waals surface area (Å²) in [5.41, 5.74) is 1.78. The second-order valence-electron chi connectivity index (χ2n) is 4.37. The van der Waals surface area contributed by atoms with Crippen LogP contribution in [0.25, 0.3) is 22.3 Å². The molecule has 4 nitrogen and oxygen atoms in total. The van der Waals surface area contributed by atoms with Crippen LogP contribution in [-0.4, -0.2) is 14.5 Å². The van der Waals surface area contributed by atoms with E-state index in [-0.39, 0.29) is 5.69 Å². The summed E-state index contributed by atoms with van der Waals surface area (Å²) < 4.78 is 1.56. The van der Waals surface area contributed by atoms with Crippen molar-refractivity contribution in [2.45, 2.75) is 13.5 Å². The minimum absolute atomic E-state index is 0.298. The lowest BCUT2D eigenvalue weighted by atomic mass is 10.1. The summed E-state index contributed by atoms with van der Waals surface area (Å²) in [6.45, 7) is 2.44. The number of nitrogens with zero attached hydrogens (tertiary/aromatic N) is 3. The van der Waals surface area contributed by atoms with Crippen LogP contribution >= 0.6 is 11.6 Å². The Balaban J connectivity index is 2.40. The third-order valence-electron chi connectivity index (χ3n) is 3.15. The summed E-state index contributed by atoms with van der Waals surface area (Å²) in [6.07, 6.45) is 1.68. The maximum atomic E-state index is 12.1. The van der Waals surface area contributed by atoms with Gasteiger partial charge in [0.2, 0.25) is 0 Å². The molecule has 0 aliphatic heterocycles. The Labute approximate surface area is 120 Å². The monoisotopic (exact) mass is 285 g/mol. The minimum atomic E-state index is -0.298. The van der Waals surface area contributed by atoms with Crippen LogP contribution in [0.1, 0.15) is 6.92 Å². The molecule has 3 rings (SSSR count). The van der Waals surface area contributed by atoms with Gasteiger partial charge in [-0.25, -0.2) is 9.78 Å². The molecule has 0 spiro atoms. The molecule has 0 N–H and O–H groups in total. The summed E-state index contributed by atoms with van der Waals surface area (Å²) in [7, 11) is 0. The summed E-state index contributed by atoms with van der Waals surface area (Å²) in [4.78, 5) is 20.6. The Morgan fingerprint density at radius 3 is 2.85 bits per heavy atom. The highest BCUT2D eigenvalue weighted by atomic mass is 35.5. The molecular weight excluding hydrogens is 274 g/mol. The fourth-order valence-electron chi connectivity index (χ4n) is 2.24. The van der Waals surface area contributed by atoms with Gasteiger partial charge in [-0.3, -0.25) is 4.57 Å². The molecule has 3 aromatic rings. The molecule has 1 aromatic carbocycles. The van der Waals surface area contributed by atoms with Crippen molar-refractivity contribution in [3.8, 4) is 11.3 Å². The van der Waals surface area contributed by atoms with E-state index in [2.05, 4.69) is 9.97 Å². The molecule has 0 saturated carbocycles. The Kier molecular flexibility index (Phi) is 3.24. The summed E-state index contributed by atoms with van der Waals surface area (Å²) in [5.74, 6) is 0.